The molecule has 1 atom stereocenters. The van der Waals surface area contributed by atoms with Crippen LogP contribution < -0.4 is 5.73 Å². The Balaban J connectivity index is 1.92. The van der Waals surface area contributed by atoms with E-state index < -0.39 is 0 Å². The highest BCUT2D eigenvalue weighted by atomic mass is 16.6. The molecule has 0 spiro atoms. The first-order valence-corrected chi connectivity index (χ1v) is 7.20. The number of hydrogen-bond acceptors (Lipinski definition) is 5. The average Bonchev–Trinajstić information content (AvgIpc) is 2.79. The normalized spacial score (nSPS) is 20.2. The number of rotatable bonds is 6. The molecule has 0 amide bonds. The Bertz CT molecular complexity index is 458. The summed E-state index contributed by atoms with van der Waals surface area (Å²) in [5.41, 5.74) is 5.62. The Labute approximate surface area is 118 Å². The van der Waals surface area contributed by atoms with Crippen LogP contribution in [0.4, 0.5) is 5.82 Å². The van der Waals surface area contributed by atoms with E-state index in [-0.39, 0.29) is 10.7 Å². The number of aromatic nitrogens is 2. The van der Waals surface area contributed by atoms with Crippen molar-refractivity contribution >= 4 is 5.82 Å². The molecule has 0 saturated carbocycles. The van der Waals surface area contributed by atoms with E-state index in [2.05, 4.69) is 9.88 Å². The summed E-state index contributed by atoms with van der Waals surface area (Å²) in [6.45, 7) is 6.13. The highest BCUT2D eigenvalue weighted by Gasteiger charge is 2.22. The van der Waals surface area contributed by atoms with Crippen LogP contribution in [0.15, 0.2) is 6.20 Å². The lowest BCUT2D eigenvalue weighted by atomic mass is 9.95. The molecule has 1 aliphatic rings. The van der Waals surface area contributed by atoms with Crippen molar-refractivity contribution in [1.82, 2.24) is 14.5 Å². The fourth-order valence-electron chi connectivity index (χ4n) is 2.95. The van der Waals surface area contributed by atoms with Crippen LogP contribution >= 0.6 is 0 Å². The monoisotopic (exact) mass is 281 g/mol. The first-order chi connectivity index (χ1) is 9.61. The van der Waals surface area contributed by atoms with Crippen LogP contribution in [0.1, 0.15) is 25.1 Å². The van der Waals surface area contributed by atoms with E-state index in [1.807, 2.05) is 0 Å². The van der Waals surface area contributed by atoms with Crippen molar-refractivity contribution in [2.75, 3.05) is 26.2 Å². The third kappa shape index (κ3) is 3.55. The third-order valence-electron chi connectivity index (χ3n) is 4.04. The Morgan fingerprint density at radius 1 is 1.55 bits per heavy atom. The molecule has 0 aliphatic carbocycles. The zero-order chi connectivity index (χ0) is 14.5. The van der Waals surface area contributed by atoms with E-state index >= 15 is 0 Å². The molecule has 1 aromatic rings. The largest absolute Gasteiger partial charge is 0.358 e. The molecule has 2 N–H and O–H groups in total. The molecule has 0 aromatic carbocycles. The fourth-order valence-corrected chi connectivity index (χ4v) is 2.95. The average molecular weight is 281 g/mol. The molecule has 7 heteroatoms. The van der Waals surface area contributed by atoms with E-state index in [9.17, 15) is 10.1 Å². The molecule has 1 unspecified atom stereocenters. The first kappa shape index (κ1) is 14.9. The van der Waals surface area contributed by atoms with Gasteiger partial charge in [-0.1, -0.05) is 0 Å². The van der Waals surface area contributed by atoms with Crippen molar-refractivity contribution in [3.8, 4) is 0 Å². The Morgan fingerprint density at radius 3 is 3.05 bits per heavy atom. The Kier molecular flexibility index (Phi) is 5.08. The summed E-state index contributed by atoms with van der Waals surface area (Å²) in [7, 11) is 0. The molecule has 20 heavy (non-hydrogen) atoms. The van der Waals surface area contributed by atoms with Gasteiger partial charge in [-0.2, -0.15) is 0 Å². The van der Waals surface area contributed by atoms with Crippen LogP contribution in [0.2, 0.25) is 0 Å². The van der Waals surface area contributed by atoms with Crippen LogP contribution in [0.5, 0.6) is 0 Å². The van der Waals surface area contributed by atoms with E-state index in [1.165, 1.54) is 19.0 Å². The second-order valence-electron chi connectivity index (χ2n) is 5.46. The van der Waals surface area contributed by atoms with E-state index in [4.69, 9.17) is 5.73 Å². The molecule has 1 aromatic heterocycles. The topological polar surface area (TPSA) is 90.2 Å². The van der Waals surface area contributed by atoms with E-state index in [0.29, 0.717) is 18.3 Å². The molecule has 0 bridgehead atoms. The Hall–Kier alpha value is -1.47. The molecule has 1 fully saturated rings. The van der Waals surface area contributed by atoms with Gasteiger partial charge in [0.2, 0.25) is 0 Å². The van der Waals surface area contributed by atoms with Crippen molar-refractivity contribution in [2.45, 2.75) is 32.7 Å². The van der Waals surface area contributed by atoms with Crippen molar-refractivity contribution < 1.29 is 4.92 Å². The number of piperidine rings is 1. The minimum Gasteiger partial charge on any atom is -0.358 e. The minimum absolute atomic E-state index is 0.0815. The molecule has 1 saturated heterocycles. The van der Waals surface area contributed by atoms with Crippen LogP contribution in [-0.4, -0.2) is 45.6 Å². The van der Waals surface area contributed by atoms with Gasteiger partial charge < -0.3 is 15.8 Å². The maximum atomic E-state index is 10.9. The summed E-state index contributed by atoms with van der Waals surface area (Å²) in [5, 5.41) is 10.9. The van der Waals surface area contributed by atoms with Gasteiger partial charge in [0.25, 0.3) is 0 Å². The fraction of sp³-hybridized carbons (Fsp3) is 0.769. The molecule has 2 heterocycles. The van der Waals surface area contributed by atoms with Crippen molar-refractivity contribution in [3.05, 3.63) is 22.1 Å². The van der Waals surface area contributed by atoms with Gasteiger partial charge >= 0.3 is 5.82 Å². The number of hydrogen-bond donors (Lipinski definition) is 1. The standard InChI is InChI=1S/C13H23N5O2/c1-11-15-9-13(18(19)20)17(11)8-7-16-6-2-3-12(10-16)4-5-14/h9,12H,2-8,10,14H2,1H3. The number of imidazole rings is 1. The number of nitrogens with zero attached hydrogens (tertiary/aromatic N) is 4. The van der Waals surface area contributed by atoms with Crippen molar-refractivity contribution in [3.63, 3.8) is 0 Å². The quantitative estimate of drug-likeness (QED) is 0.624. The maximum absolute atomic E-state index is 10.9. The summed E-state index contributed by atoms with van der Waals surface area (Å²) in [4.78, 5) is 17.0. The first-order valence-electron chi connectivity index (χ1n) is 7.20. The zero-order valence-electron chi connectivity index (χ0n) is 12.0. The SMILES string of the molecule is Cc1ncc([N+](=O)[O-])n1CCN1CCCC(CCN)C1. The van der Waals surface area contributed by atoms with Gasteiger partial charge in [0, 0.05) is 20.0 Å². The second-order valence-corrected chi connectivity index (χ2v) is 5.46. The Morgan fingerprint density at radius 2 is 2.35 bits per heavy atom. The van der Waals surface area contributed by atoms with Gasteiger partial charge in [-0.25, -0.2) is 9.55 Å². The van der Waals surface area contributed by atoms with Crippen LogP contribution in [-0.2, 0) is 6.54 Å². The predicted molar refractivity (Wildman–Crippen MR) is 76.5 cm³/mol. The number of likely N-dealkylation sites (tertiary alicyclic amines) is 1. The molecular weight excluding hydrogens is 258 g/mol. The third-order valence-corrected chi connectivity index (χ3v) is 4.04. The molecule has 0 radical (unpaired) electrons. The molecular formula is C13H23N5O2. The zero-order valence-corrected chi connectivity index (χ0v) is 12.0. The minimum atomic E-state index is -0.368. The lowest BCUT2D eigenvalue weighted by molar-refractivity contribution is -0.392. The van der Waals surface area contributed by atoms with Gasteiger partial charge in [0.15, 0.2) is 5.82 Å². The summed E-state index contributed by atoms with van der Waals surface area (Å²) < 4.78 is 1.69. The lowest BCUT2D eigenvalue weighted by Crippen LogP contribution is -2.38. The van der Waals surface area contributed by atoms with E-state index in [0.717, 1.165) is 32.6 Å². The number of nitrogens with two attached hydrogens (primary N) is 1. The van der Waals surface area contributed by atoms with Gasteiger partial charge in [-0.05, 0) is 43.2 Å². The smallest absolute Gasteiger partial charge is 0.342 e. The van der Waals surface area contributed by atoms with Gasteiger partial charge in [0.05, 0.1) is 0 Å². The predicted octanol–water partition coefficient (Wildman–Crippen LogP) is 1.16. The summed E-state index contributed by atoms with van der Waals surface area (Å²) in [5.74, 6) is 1.46. The molecule has 1 aliphatic heterocycles. The second kappa shape index (κ2) is 6.81. The molecule has 112 valence electrons. The van der Waals surface area contributed by atoms with Crippen LogP contribution in [0.25, 0.3) is 0 Å². The van der Waals surface area contributed by atoms with Gasteiger partial charge in [0.1, 0.15) is 12.7 Å². The summed E-state index contributed by atoms with van der Waals surface area (Å²) >= 11 is 0. The number of aryl methyl sites for hydroxylation is 1. The van der Waals surface area contributed by atoms with Crippen molar-refractivity contribution in [1.29, 1.82) is 0 Å². The summed E-state index contributed by atoms with van der Waals surface area (Å²) in [6.07, 6.45) is 4.84. The highest BCUT2D eigenvalue weighted by Crippen LogP contribution is 2.20. The number of nitro groups is 1. The molecule has 7 nitrogen and oxygen atoms in total. The van der Waals surface area contributed by atoms with E-state index in [1.54, 1.807) is 11.5 Å². The highest BCUT2D eigenvalue weighted by molar-refractivity contribution is 5.18. The van der Waals surface area contributed by atoms with Crippen LogP contribution in [0.3, 0.4) is 0 Å². The lowest BCUT2D eigenvalue weighted by Gasteiger charge is -2.32. The van der Waals surface area contributed by atoms with Gasteiger partial charge in [-0.15, -0.1) is 0 Å². The summed E-state index contributed by atoms with van der Waals surface area (Å²) in [6, 6.07) is 0. The van der Waals surface area contributed by atoms with Crippen molar-refractivity contribution in [2.24, 2.45) is 11.7 Å². The van der Waals surface area contributed by atoms with Crippen LogP contribution in [0, 0.1) is 23.0 Å². The van der Waals surface area contributed by atoms with Gasteiger partial charge in [-0.3, -0.25) is 4.90 Å². The maximum Gasteiger partial charge on any atom is 0.342 e. The molecule has 2 rings (SSSR count).